The molecule has 4 aliphatic rings. The summed E-state index contributed by atoms with van der Waals surface area (Å²) in [5.41, 5.74) is 4.93. The van der Waals surface area contributed by atoms with Crippen LogP contribution in [0.15, 0.2) is 36.4 Å². The van der Waals surface area contributed by atoms with Crippen molar-refractivity contribution in [3.8, 4) is 5.75 Å². The average Bonchev–Trinajstić information content (AvgIpc) is 2.50. The van der Waals surface area contributed by atoms with Crippen LogP contribution in [-0.2, 0) is 25.7 Å². The lowest BCUT2D eigenvalue weighted by Gasteiger charge is -2.15. The molecule has 2 aromatic carbocycles. The smallest absolute Gasteiger partial charge is 0.166 e. The number of rotatable bonds is 2. The van der Waals surface area contributed by atoms with Crippen molar-refractivity contribution in [3.05, 3.63) is 64.2 Å². The Kier molecular flexibility index (Phi) is 3.78. The molecule has 6 rings (SSSR count). The summed E-state index contributed by atoms with van der Waals surface area (Å²) in [6.07, 6.45) is 3.75. The van der Waals surface area contributed by atoms with Crippen LogP contribution in [0.2, 0.25) is 0 Å². The van der Waals surface area contributed by atoms with Gasteiger partial charge in [-0.3, -0.25) is 4.79 Å². The van der Waals surface area contributed by atoms with Gasteiger partial charge in [-0.2, -0.15) is 0 Å². The molecule has 0 aliphatic heterocycles. The maximum Gasteiger partial charge on any atom is 0.166 e. The minimum absolute atomic E-state index is 0.0373. The van der Waals surface area contributed by atoms with Crippen molar-refractivity contribution in [2.24, 2.45) is 0 Å². The number of aryl methyl sites for hydroxylation is 4. The number of benzene rings is 2. The predicted molar refractivity (Wildman–Crippen MR) is 84.0 cm³/mol. The molecule has 4 aliphatic carbocycles. The van der Waals surface area contributed by atoms with Crippen molar-refractivity contribution >= 4 is 5.78 Å². The van der Waals surface area contributed by atoms with Crippen molar-refractivity contribution in [2.45, 2.75) is 39.0 Å². The molecule has 108 valence electrons. The molecule has 1 N–H and O–H groups in total. The molecule has 0 saturated heterocycles. The van der Waals surface area contributed by atoms with Crippen LogP contribution < -0.4 is 0 Å². The first-order valence-corrected chi connectivity index (χ1v) is 7.63. The topological polar surface area (TPSA) is 37.3 Å². The van der Waals surface area contributed by atoms with Crippen LogP contribution in [0.25, 0.3) is 0 Å². The van der Waals surface area contributed by atoms with Gasteiger partial charge in [0.25, 0.3) is 0 Å². The number of phenols is 1. The van der Waals surface area contributed by atoms with Gasteiger partial charge in [0.1, 0.15) is 5.75 Å². The molecule has 2 aromatic rings. The van der Waals surface area contributed by atoms with Gasteiger partial charge < -0.3 is 5.11 Å². The molecule has 0 fully saturated rings. The van der Waals surface area contributed by atoms with E-state index in [0.717, 1.165) is 36.8 Å². The average molecular weight is 280 g/mol. The number of hydrogen-bond donors (Lipinski definition) is 1. The summed E-state index contributed by atoms with van der Waals surface area (Å²) in [7, 11) is 0. The zero-order valence-corrected chi connectivity index (χ0v) is 12.4. The van der Waals surface area contributed by atoms with E-state index in [-0.39, 0.29) is 11.5 Å². The molecule has 2 nitrogen and oxygen atoms in total. The molecule has 0 radical (unpaired) electrons. The normalized spacial score (nSPS) is 13.8. The first-order valence-electron chi connectivity index (χ1n) is 7.63. The van der Waals surface area contributed by atoms with Crippen LogP contribution in [0.3, 0.4) is 0 Å². The van der Waals surface area contributed by atoms with E-state index in [1.807, 2.05) is 19.1 Å². The molecule has 0 saturated carbocycles. The molecule has 0 atom stereocenters. The summed E-state index contributed by atoms with van der Waals surface area (Å²) < 4.78 is 0. The summed E-state index contributed by atoms with van der Waals surface area (Å²) in [5, 5.41) is 10.5. The van der Waals surface area contributed by atoms with Gasteiger partial charge in [0.15, 0.2) is 5.78 Å². The predicted octanol–water partition coefficient (Wildman–Crippen LogP) is 3.87. The van der Waals surface area contributed by atoms with Gasteiger partial charge in [0.2, 0.25) is 0 Å². The number of ketones is 1. The summed E-state index contributed by atoms with van der Waals surface area (Å²) in [4.78, 5) is 12.2. The second-order valence-electron chi connectivity index (χ2n) is 5.70. The molecule has 2 heteroatoms. The highest BCUT2D eigenvalue weighted by Gasteiger charge is 2.18. The minimum Gasteiger partial charge on any atom is -0.507 e. The molecule has 0 spiro atoms. The Morgan fingerprint density at radius 3 is 2.00 bits per heavy atom. The zero-order chi connectivity index (χ0) is 14.8. The van der Waals surface area contributed by atoms with Crippen LogP contribution in [0.5, 0.6) is 5.75 Å². The molecule has 21 heavy (non-hydrogen) atoms. The van der Waals surface area contributed by atoms with E-state index >= 15 is 0 Å². The highest BCUT2D eigenvalue weighted by molar-refractivity contribution is 6.00. The maximum absolute atomic E-state index is 12.2. The van der Waals surface area contributed by atoms with Gasteiger partial charge in [-0.1, -0.05) is 43.3 Å². The summed E-state index contributed by atoms with van der Waals surface area (Å²) in [6, 6.07) is 12.7. The fourth-order valence-electron chi connectivity index (χ4n) is 3.00. The van der Waals surface area contributed by atoms with Crippen LogP contribution in [0, 0.1) is 0 Å². The third-order valence-electron chi connectivity index (χ3n) is 4.34. The Bertz CT molecular complexity index is 669. The first-order chi connectivity index (χ1) is 10.2. The largest absolute Gasteiger partial charge is 0.507 e. The fourth-order valence-corrected chi connectivity index (χ4v) is 3.00. The van der Waals surface area contributed by atoms with E-state index in [4.69, 9.17) is 0 Å². The van der Waals surface area contributed by atoms with Crippen molar-refractivity contribution < 1.29 is 9.90 Å². The number of Topliss-reactive ketones (excluding diaryl/α,β-unsaturated/α-hetero) is 1. The van der Waals surface area contributed by atoms with E-state index in [1.165, 1.54) is 11.1 Å². The summed E-state index contributed by atoms with van der Waals surface area (Å²) >= 11 is 0. The number of carbonyl (C=O) groups excluding carboxylic acids is 1. The van der Waals surface area contributed by atoms with Gasteiger partial charge in [-0.15, -0.1) is 0 Å². The molecule has 0 heterocycles. The van der Waals surface area contributed by atoms with E-state index in [2.05, 4.69) is 24.3 Å². The van der Waals surface area contributed by atoms with Gasteiger partial charge >= 0.3 is 0 Å². The zero-order valence-electron chi connectivity index (χ0n) is 12.4. The van der Waals surface area contributed by atoms with E-state index in [9.17, 15) is 9.90 Å². The molecule has 0 amide bonds. The first kappa shape index (κ1) is 13.9. The van der Waals surface area contributed by atoms with Crippen molar-refractivity contribution in [1.82, 2.24) is 0 Å². The molecule has 0 unspecified atom stereocenters. The van der Waals surface area contributed by atoms with E-state index in [1.54, 1.807) is 0 Å². The number of carbonyl (C=O) groups is 1. The summed E-state index contributed by atoms with van der Waals surface area (Å²) in [5.74, 6) is 0.240. The number of phenolic OH excluding ortho intramolecular Hbond substituents is 1. The van der Waals surface area contributed by atoms with Crippen LogP contribution in [0.4, 0.5) is 0 Å². The molecular weight excluding hydrogens is 260 g/mol. The maximum atomic E-state index is 12.2. The molecule has 0 aromatic heterocycles. The fraction of sp³-hybridized carbons (Fsp3) is 0.316. The minimum atomic E-state index is 0.0373. The van der Waals surface area contributed by atoms with Gasteiger partial charge in [0.05, 0.1) is 5.56 Å². The highest BCUT2D eigenvalue weighted by atomic mass is 16.3. The Hall–Kier alpha value is -2.09. The second kappa shape index (κ2) is 5.72. The van der Waals surface area contributed by atoms with Gasteiger partial charge in [-0.25, -0.2) is 0 Å². The number of hydrogen-bond acceptors (Lipinski definition) is 2. The Balaban J connectivity index is 2.09. The number of aromatic hydroxyl groups is 1. The third kappa shape index (κ3) is 2.71. The quantitative estimate of drug-likeness (QED) is 0.848. The summed E-state index contributed by atoms with van der Waals surface area (Å²) in [6.45, 7) is 1.85. The van der Waals surface area contributed by atoms with Crippen molar-refractivity contribution in [2.75, 3.05) is 0 Å². The van der Waals surface area contributed by atoms with Gasteiger partial charge in [-0.05, 0) is 47.9 Å². The lowest BCUT2D eigenvalue weighted by molar-refractivity contribution is 0.0984. The van der Waals surface area contributed by atoms with Crippen molar-refractivity contribution in [1.29, 1.82) is 0 Å². The van der Waals surface area contributed by atoms with Crippen LogP contribution >= 0.6 is 0 Å². The monoisotopic (exact) mass is 280 g/mol. The van der Waals surface area contributed by atoms with E-state index < -0.39 is 0 Å². The van der Waals surface area contributed by atoms with Gasteiger partial charge in [0, 0.05) is 6.42 Å². The Labute approximate surface area is 125 Å². The molecule has 4 bridgehead atoms. The standard InChI is InChI=1S/C19H20O2/c1-2-17(20)18-15-9-7-13-3-5-14(6-4-13)8-10-16(12-11-15)19(18)21/h3-6,11-12,21H,2,7-10H2,1H3. The Morgan fingerprint density at radius 1 is 0.905 bits per heavy atom. The van der Waals surface area contributed by atoms with Crippen molar-refractivity contribution in [3.63, 3.8) is 0 Å². The molecular formula is C19H20O2. The van der Waals surface area contributed by atoms with Crippen LogP contribution in [-0.4, -0.2) is 10.9 Å². The SMILES string of the molecule is CCC(=O)c1c2ccc(c1O)CCc1ccc(cc1)CC2. The lowest BCUT2D eigenvalue weighted by atomic mass is 9.90. The second-order valence-corrected chi connectivity index (χ2v) is 5.70. The lowest BCUT2D eigenvalue weighted by Crippen LogP contribution is -2.07. The highest BCUT2D eigenvalue weighted by Crippen LogP contribution is 2.30. The Morgan fingerprint density at radius 2 is 1.43 bits per heavy atom. The third-order valence-corrected chi connectivity index (χ3v) is 4.34. The van der Waals surface area contributed by atoms with E-state index in [0.29, 0.717) is 12.0 Å². The van der Waals surface area contributed by atoms with Crippen LogP contribution in [0.1, 0.15) is 46.0 Å².